The molecule has 1 aliphatic rings. The molecule has 3 nitrogen and oxygen atoms in total. The Kier molecular flexibility index (Phi) is 6.43. The minimum absolute atomic E-state index is 0.248. The Morgan fingerprint density at radius 1 is 1.20 bits per heavy atom. The summed E-state index contributed by atoms with van der Waals surface area (Å²) < 4.78 is 5.51. The molecule has 20 heavy (non-hydrogen) atoms. The smallest absolute Gasteiger partial charge is 0.121 e. The highest BCUT2D eigenvalue weighted by atomic mass is 35.5. The van der Waals surface area contributed by atoms with Crippen molar-refractivity contribution in [2.45, 2.75) is 44.2 Å². The highest BCUT2D eigenvalue weighted by molar-refractivity contribution is 6.42. The standard InChI is InChI=1S/C15H21Cl2NO2/c16-14-7-6-13(8-15(14)17)20-10-12(19)9-18-11-4-2-1-3-5-11/h6-8,11-12,18-19H,1-5,9-10H2. The number of hydrogen-bond acceptors (Lipinski definition) is 3. The van der Waals surface area contributed by atoms with Crippen molar-refractivity contribution in [1.29, 1.82) is 0 Å². The number of hydrogen-bond donors (Lipinski definition) is 2. The first-order valence-electron chi connectivity index (χ1n) is 7.14. The summed E-state index contributed by atoms with van der Waals surface area (Å²) >= 11 is 11.7. The van der Waals surface area contributed by atoms with Gasteiger partial charge in [0.05, 0.1) is 10.0 Å². The van der Waals surface area contributed by atoms with Crippen LogP contribution in [0.2, 0.25) is 10.0 Å². The van der Waals surface area contributed by atoms with Crippen LogP contribution < -0.4 is 10.1 Å². The number of ether oxygens (including phenoxy) is 1. The van der Waals surface area contributed by atoms with Gasteiger partial charge in [0, 0.05) is 18.7 Å². The maximum atomic E-state index is 9.92. The van der Waals surface area contributed by atoms with Gasteiger partial charge in [-0.2, -0.15) is 0 Å². The van der Waals surface area contributed by atoms with E-state index in [-0.39, 0.29) is 6.61 Å². The van der Waals surface area contributed by atoms with Crippen LogP contribution in [-0.4, -0.2) is 30.4 Å². The van der Waals surface area contributed by atoms with Gasteiger partial charge >= 0.3 is 0 Å². The molecule has 2 N–H and O–H groups in total. The summed E-state index contributed by atoms with van der Waals surface area (Å²) in [5, 5.41) is 14.3. The first-order chi connectivity index (χ1) is 9.65. The van der Waals surface area contributed by atoms with Gasteiger partial charge in [-0.15, -0.1) is 0 Å². The number of aliphatic hydroxyl groups excluding tert-OH is 1. The summed E-state index contributed by atoms with van der Waals surface area (Å²) in [7, 11) is 0. The third-order valence-electron chi connectivity index (χ3n) is 3.58. The molecule has 1 atom stereocenters. The summed E-state index contributed by atoms with van der Waals surface area (Å²) in [4.78, 5) is 0. The first-order valence-corrected chi connectivity index (χ1v) is 7.90. The summed E-state index contributed by atoms with van der Waals surface area (Å²) in [6.45, 7) is 0.809. The van der Waals surface area contributed by atoms with Crippen LogP contribution in [0.1, 0.15) is 32.1 Å². The number of benzene rings is 1. The lowest BCUT2D eigenvalue weighted by molar-refractivity contribution is 0.102. The minimum atomic E-state index is -0.522. The van der Waals surface area contributed by atoms with E-state index in [1.165, 1.54) is 32.1 Å². The van der Waals surface area contributed by atoms with Crippen molar-refractivity contribution in [2.24, 2.45) is 0 Å². The average molecular weight is 318 g/mol. The van der Waals surface area contributed by atoms with E-state index < -0.39 is 6.10 Å². The zero-order valence-corrected chi connectivity index (χ0v) is 13.0. The monoisotopic (exact) mass is 317 g/mol. The molecular formula is C15H21Cl2NO2. The molecule has 1 unspecified atom stereocenters. The molecule has 0 aliphatic heterocycles. The summed E-state index contributed by atoms with van der Waals surface area (Å²) in [5.41, 5.74) is 0. The lowest BCUT2D eigenvalue weighted by Crippen LogP contribution is -2.38. The molecule has 0 amide bonds. The van der Waals surface area contributed by atoms with Crippen LogP contribution in [0.15, 0.2) is 18.2 Å². The highest BCUT2D eigenvalue weighted by Crippen LogP contribution is 2.26. The molecule has 0 spiro atoms. The van der Waals surface area contributed by atoms with Crippen molar-refractivity contribution < 1.29 is 9.84 Å². The summed E-state index contributed by atoms with van der Waals surface area (Å²) in [5.74, 6) is 0.621. The van der Waals surface area contributed by atoms with Gasteiger partial charge in [0.2, 0.25) is 0 Å². The Morgan fingerprint density at radius 3 is 2.65 bits per heavy atom. The maximum absolute atomic E-state index is 9.92. The molecule has 1 saturated carbocycles. The Hall–Kier alpha value is -0.480. The third kappa shape index (κ3) is 5.13. The van der Waals surface area contributed by atoms with E-state index in [0.29, 0.717) is 28.4 Å². The van der Waals surface area contributed by atoms with Gasteiger partial charge in [-0.1, -0.05) is 42.5 Å². The van der Waals surface area contributed by atoms with E-state index in [1.54, 1.807) is 18.2 Å². The topological polar surface area (TPSA) is 41.5 Å². The quantitative estimate of drug-likeness (QED) is 0.841. The molecule has 0 saturated heterocycles. The van der Waals surface area contributed by atoms with Crippen molar-refractivity contribution in [2.75, 3.05) is 13.2 Å². The van der Waals surface area contributed by atoms with Crippen LogP contribution in [0.3, 0.4) is 0 Å². The van der Waals surface area contributed by atoms with Crippen LogP contribution in [0, 0.1) is 0 Å². The van der Waals surface area contributed by atoms with Crippen molar-refractivity contribution >= 4 is 23.2 Å². The molecule has 0 aromatic heterocycles. The van der Waals surface area contributed by atoms with Gasteiger partial charge in [-0.05, 0) is 25.0 Å². The molecule has 1 fully saturated rings. The maximum Gasteiger partial charge on any atom is 0.121 e. The van der Waals surface area contributed by atoms with Crippen LogP contribution in [0.5, 0.6) is 5.75 Å². The van der Waals surface area contributed by atoms with Gasteiger partial charge < -0.3 is 15.2 Å². The van der Waals surface area contributed by atoms with Crippen LogP contribution in [0.4, 0.5) is 0 Å². The van der Waals surface area contributed by atoms with Crippen LogP contribution in [0.25, 0.3) is 0 Å². The van der Waals surface area contributed by atoms with Crippen molar-refractivity contribution in [3.05, 3.63) is 28.2 Å². The lowest BCUT2D eigenvalue weighted by atomic mass is 9.95. The second kappa shape index (κ2) is 8.08. The van der Waals surface area contributed by atoms with Crippen molar-refractivity contribution in [1.82, 2.24) is 5.32 Å². The van der Waals surface area contributed by atoms with Gasteiger partial charge in [0.25, 0.3) is 0 Å². The minimum Gasteiger partial charge on any atom is -0.491 e. The Morgan fingerprint density at radius 2 is 1.95 bits per heavy atom. The van der Waals surface area contributed by atoms with Gasteiger partial charge in [0.1, 0.15) is 18.5 Å². The highest BCUT2D eigenvalue weighted by Gasteiger charge is 2.14. The van der Waals surface area contributed by atoms with Crippen LogP contribution >= 0.6 is 23.2 Å². The normalized spacial score (nSPS) is 17.9. The fraction of sp³-hybridized carbons (Fsp3) is 0.600. The van der Waals surface area contributed by atoms with Gasteiger partial charge in [-0.3, -0.25) is 0 Å². The summed E-state index contributed by atoms with van der Waals surface area (Å²) in [6, 6.07) is 5.63. The second-order valence-electron chi connectivity index (χ2n) is 5.28. The predicted molar refractivity (Wildman–Crippen MR) is 82.8 cm³/mol. The largest absolute Gasteiger partial charge is 0.491 e. The molecule has 1 aromatic rings. The predicted octanol–water partition coefficient (Wildman–Crippen LogP) is 3.66. The first kappa shape index (κ1) is 15.9. The number of rotatable bonds is 6. The fourth-order valence-electron chi connectivity index (χ4n) is 2.43. The third-order valence-corrected chi connectivity index (χ3v) is 4.32. The fourth-order valence-corrected chi connectivity index (χ4v) is 2.72. The number of halogens is 2. The number of aliphatic hydroxyl groups is 1. The van der Waals surface area contributed by atoms with E-state index in [2.05, 4.69) is 5.32 Å². The van der Waals surface area contributed by atoms with E-state index in [4.69, 9.17) is 27.9 Å². The Bertz CT molecular complexity index is 422. The Labute approximate surface area is 130 Å². The van der Waals surface area contributed by atoms with E-state index in [1.807, 2.05) is 0 Å². The number of nitrogens with one attached hydrogen (secondary N) is 1. The van der Waals surface area contributed by atoms with Gasteiger partial charge in [0.15, 0.2) is 0 Å². The van der Waals surface area contributed by atoms with Crippen molar-refractivity contribution in [3.63, 3.8) is 0 Å². The molecule has 0 radical (unpaired) electrons. The lowest BCUT2D eigenvalue weighted by Gasteiger charge is -2.24. The van der Waals surface area contributed by atoms with E-state index >= 15 is 0 Å². The Balaban J connectivity index is 1.68. The van der Waals surface area contributed by atoms with E-state index in [0.717, 1.165) is 0 Å². The molecular weight excluding hydrogens is 297 g/mol. The molecule has 1 aliphatic carbocycles. The van der Waals surface area contributed by atoms with Crippen molar-refractivity contribution in [3.8, 4) is 5.75 Å². The average Bonchev–Trinajstić information content (AvgIpc) is 2.47. The van der Waals surface area contributed by atoms with Gasteiger partial charge in [-0.25, -0.2) is 0 Å². The molecule has 1 aromatic carbocycles. The zero-order chi connectivity index (χ0) is 14.4. The second-order valence-corrected chi connectivity index (χ2v) is 6.10. The molecule has 0 bridgehead atoms. The molecule has 5 heteroatoms. The SMILES string of the molecule is OC(CNC1CCCCC1)COc1ccc(Cl)c(Cl)c1. The molecule has 112 valence electrons. The summed E-state index contributed by atoms with van der Waals surface area (Å²) in [6.07, 6.45) is 5.80. The zero-order valence-electron chi connectivity index (χ0n) is 11.4. The molecule has 0 heterocycles. The molecule has 2 rings (SSSR count). The van der Waals surface area contributed by atoms with Crippen LogP contribution in [-0.2, 0) is 0 Å². The van der Waals surface area contributed by atoms with E-state index in [9.17, 15) is 5.11 Å².